The van der Waals surface area contributed by atoms with Crippen LogP contribution in [0.15, 0.2) is 73.2 Å². The van der Waals surface area contributed by atoms with Crippen LogP contribution in [0.25, 0.3) is 0 Å². The molecular weight excluding hydrogens is 340 g/mol. The maximum absolute atomic E-state index is 13.2. The molecule has 0 radical (unpaired) electrons. The third-order valence-corrected chi connectivity index (χ3v) is 4.62. The highest BCUT2D eigenvalue weighted by molar-refractivity contribution is 6.10. The first-order valence-electron chi connectivity index (χ1n) is 8.45. The van der Waals surface area contributed by atoms with E-state index in [-0.39, 0.29) is 11.9 Å². The molecule has 0 saturated carbocycles. The van der Waals surface area contributed by atoms with E-state index in [1.807, 2.05) is 54.6 Å². The van der Waals surface area contributed by atoms with Gasteiger partial charge in [0.05, 0.1) is 0 Å². The van der Waals surface area contributed by atoms with Gasteiger partial charge in [0.15, 0.2) is 11.5 Å². The van der Waals surface area contributed by atoms with Gasteiger partial charge in [-0.3, -0.25) is 15.1 Å². The number of nitrogens with zero attached hydrogens (tertiary/aromatic N) is 3. The van der Waals surface area contributed by atoms with Crippen LogP contribution in [0.3, 0.4) is 0 Å². The van der Waals surface area contributed by atoms with Crippen LogP contribution < -0.4 is 10.6 Å². The number of guanidine groups is 1. The lowest BCUT2D eigenvalue weighted by Crippen LogP contribution is -2.45. The first-order chi connectivity index (χ1) is 13.1. The van der Waals surface area contributed by atoms with Crippen molar-refractivity contribution < 1.29 is 4.79 Å². The Hall–Kier alpha value is -3.74. The van der Waals surface area contributed by atoms with E-state index in [0.29, 0.717) is 5.82 Å². The summed E-state index contributed by atoms with van der Waals surface area (Å²) < 4.78 is 0. The lowest BCUT2D eigenvalue weighted by molar-refractivity contribution is -0.129. The van der Waals surface area contributed by atoms with Gasteiger partial charge < -0.3 is 10.6 Å². The molecule has 1 aliphatic heterocycles. The molecule has 0 spiro atoms. The fraction of sp³-hybridized carbons (Fsp3) is 0.100. The molecule has 1 saturated heterocycles. The third-order valence-electron chi connectivity index (χ3n) is 4.62. The van der Waals surface area contributed by atoms with Gasteiger partial charge in [-0.15, -0.1) is 0 Å². The molecule has 1 aromatic heterocycles. The van der Waals surface area contributed by atoms with Crippen LogP contribution in [0, 0.1) is 5.41 Å². The second kappa shape index (κ2) is 6.53. The van der Waals surface area contributed by atoms with Crippen molar-refractivity contribution >= 4 is 23.4 Å². The van der Waals surface area contributed by atoms with Gasteiger partial charge in [0, 0.05) is 18.9 Å². The molecule has 7 nitrogen and oxygen atoms in total. The topological polar surface area (TPSA) is 94.0 Å². The van der Waals surface area contributed by atoms with Gasteiger partial charge in [0.25, 0.3) is 5.91 Å². The van der Waals surface area contributed by atoms with Crippen molar-refractivity contribution in [2.24, 2.45) is 0 Å². The molecule has 134 valence electrons. The Bertz CT molecular complexity index is 992. The Morgan fingerprint density at radius 3 is 2.52 bits per heavy atom. The summed E-state index contributed by atoms with van der Waals surface area (Å²) >= 11 is 0. The second-order valence-corrected chi connectivity index (χ2v) is 6.25. The summed E-state index contributed by atoms with van der Waals surface area (Å²) in [7, 11) is 1.60. The number of carbonyl (C=O) groups is 1. The largest absolute Gasteiger partial charge is 0.340 e. The smallest absolute Gasteiger partial charge is 0.264 e. The van der Waals surface area contributed by atoms with Crippen LogP contribution in [0.4, 0.5) is 11.5 Å². The highest BCUT2D eigenvalue weighted by Gasteiger charge is 2.50. The maximum Gasteiger partial charge on any atom is 0.264 e. The Morgan fingerprint density at radius 1 is 1.07 bits per heavy atom. The Morgan fingerprint density at radius 2 is 1.85 bits per heavy atom. The molecule has 1 unspecified atom stereocenters. The molecule has 2 heterocycles. The molecule has 2 aromatic carbocycles. The van der Waals surface area contributed by atoms with E-state index in [1.54, 1.807) is 19.3 Å². The van der Waals surface area contributed by atoms with E-state index in [9.17, 15) is 4.79 Å². The minimum atomic E-state index is -1.14. The van der Waals surface area contributed by atoms with Crippen molar-refractivity contribution in [3.05, 3.63) is 84.3 Å². The van der Waals surface area contributed by atoms with E-state index >= 15 is 0 Å². The van der Waals surface area contributed by atoms with Crippen molar-refractivity contribution in [1.82, 2.24) is 20.2 Å². The lowest BCUT2D eigenvalue weighted by atomic mass is 9.82. The van der Waals surface area contributed by atoms with Crippen LogP contribution in [-0.4, -0.2) is 33.8 Å². The highest BCUT2D eigenvalue weighted by Crippen LogP contribution is 2.36. The number of hydrogen-bond acceptors (Lipinski definition) is 5. The van der Waals surface area contributed by atoms with Crippen molar-refractivity contribution in [3.8, 4) is 0 Å². The number of hydrogen-bond donors (Lipinski definition) is 3. The molecule has 27 heavy (non-hydrogen) atoms. The standard InChI is InChI=1S/C20H18N6O/c1-26-18(27)20(25-19(26)21,14-6-3-2-4-7-14)15-8-5-9-16(12-15)24-17-10-11-22-13-23-17/h2-13H,1H3,(H2,21,25)(H,22,23,24). The minimum absolute atomic E-state index is 0.0676. The Labute approximate surface area is 156 Å². The molecule has 1 fully saturated rings. The van der Waals surface area contributed by atoms with Crippen LogP contribution in [0.2, 0.25) is 0 Å². The first-order valence-corrected chi connectivity index (χ1v) is 8.45. The van der Waals surface area contributed by atoms with Crippen molar-refractivity contribution in [2.75, 3.05) is 12.4 Å². The van der Waals surface area contributed by atoms with Gasteiger partial charge in [-0.2, -0.15) is 0 Å². The van der Waals surface area contributed by atoms with Crippen LogP contribution in [-0.2, 0) is 10.3 Å². The number of likely N-dealkylation sites (N-methyl/N-ethyl adjacent to an activating group) is 1. The van der Waals surface area contributed by atoms with E-state index in [2.05, 4.69) is 20.6 Å². The molecule has 7 heteroatoms. The van der Waals surface area contributed by atoms with Crippen molar-refractivity contribution in [2.45, 2.75) is 5.54 Å². The molecule has 3 aromatic rings. The van der Waals surface area contributed by atoms with Crippen molar-refractivity contribution in [1.29, 1.82) is 5.41 Å². The SMILES string of the molecule is CN1C(=N)NC(c2ccccc2)(c2cccc(Nc3ccncn3)c2)C1=O. The predicted octanol–water partition coefficient (Wildman–Crippen LogP) is 2.46. The molecule has 1 amide bonds. The van der Waals surface area contributed by atoms with Crippen LogP contribution in [0.5, 0.6) is 0 Å². The fourth-order valence-electron chi connectivity index (χ4n) is 3.26. The average Bonchev–Trinajstić information content (AvgIpc) is 2.95. The summed E-state index contributed by atoms with van der Waals surface area (Å²) in [5.74, 6) is 0.530. The lowest BCUT2D eigenvalue weighted by Gasteiger charge is -2.28. The normalized spacial score (nSPS) is 19.1. The molecule has 1 aliphatic rings. The quantitative estimate of drug-likeness (QED) is 0.666. The Balaban J connectivity index is 1.81. The predicted molar refractivity (Wildman–Crippen MR) is 103 cm³/mol. The van der Waals surface area contributed by atoms with Gasteiger partial charge in [0.1, 0.15) is 12.1 Å². The number of amides is 1. The summed E-state index contributed by atoms with van der Waals surface area (Å²) in [6.07, 6.45) is 3.12. The van der Waals surface area contributed by atoms with Gasteiger partial charge in [-0.25, -0.2) is 9.97 Å². The molecule has 1 atom stereocenters. The van der Waals surface area contributed by atoms with E-state index in [0.717, 1.165) is 16.8 Å². The zero-order valence-electron chi connectivity index (χ0n) is 14.7. The number of nitrogens with one attached hydrogen (secondary N) is 3. The number of anilines is 2. The summed E-state index contributed by atoms with van der Waals surface area (Å²) in [6, 6.07) is 18.8. The molecule has 0 aliphatic carbocycles. The number of rotatable bonds is 4. The van der Waals surface area contributed by atoms with Crippen LogP contribution in [0.1, 0.15) is 11.1 Å². The number of carbonyl (C=O) groups excluding carboxylic acids is 1. The zero-order valence-corrected chi connectivity index (χ0v) is 14.7. The second-order valence-electron chi connectivity index (χ2n) is 6.25. The van der Waals surface area contributed by atoms with E-state index in [1.165, 1.54) is 11.2 Å². The molecule has 3 N–H and O–H groups in total. The maximum atomic E-state index is 13.2. The molecular formula is C20H18N6O. The van der Waals surface area contributed by atoms with E-state index < -0.39 is 5.54 Å². The summed E-state index contributed by atoms with van der Waals surface area (Å²) in [5.41, 5.74) is 1.17. The fourth-order valence-corrected chi connectivity index (χ4v) is 3.26. The van der Waals surface area contributed by atoms with Gasteiger partial charge in [-0.1, -0.05) is 42.5 Å². The van der Waals surface area contributed by atoms with Gasteiger partial charge in [0.2, 0.25) is 0 Å². The summed E-state index contributed by atoms with van der Waals surface area (Å²) in [5, 5.41) is 14.4. The third kappa shape index (κ3) is 2.79. The average molecular weight is 358 g/mol. The van der Waals surface area contributed by atoms with Crippen LogP contribution >= 0.6 is 0 Å². The monoisotopic (exact) mass is 358 g/mol. The van der Waals surface area contributed by atoms with E-state index in [4.69, 9.17) is 5.41 Å². The molecule has 4 rings (SSSR count). The minimum Gasteiger partial charge on any atom is -0.340 e. The Kier molecular flexibility index (Phi) is 4.04. The van der Waals surface area contributed by atoms with Crippen molar-refractivity contribution in [3.63, 3.8) is 0 Å². The summed E-state index contributed by atoms with van der Waals surface area (Å²) in [4.78, 5) is 22.6. The summed E-state index contributed by atoms with van der Waals surface area (Å²) in [6.45, 7) is 0. The van der Waals surface area contributed by atoms with Gasteiger partial charge in [-0.05, 0) is 29.3 Å². The number of benzene rings is 2. The highest BCUT2D eigenvalue weighted by atomic mass is 16.2. The zero-order chi connectivity index (χ0) is 18.9. The number of aromatic nitrogens is 2. The van der Waals surface area contributed by atoms with Gasteiger partial charge >= 0.3 is 0 Å². The molecule has 0 bridgehead atoms. The first kappa shape index (κ1) is 16.7.